The molecular formula is C12H16BrNO2S. The topological polar surface area (TPSA) is 40.5 Å². The lowest BCUT2D eigenvalue weighted by atomic mass is 9.95. The third-order valence-corrected chi connectivity index (χ3v) is 4.66. The molecular weight excluding hydrogens is 302 g/mol. The highest BCUT2D eigenvalue weighted by molar-refractivity contribution is 9.11. The third kappa shape index (κ3) is 3.30. The van der Waals surface area contributed by atoms with Gasteiger partial charge in [-0.1, -0.05) is 0 Å². The molecule has 1 N–H and O–H groups in total. The predicted molar refractivity (Wildman–Crippen MR) is 72.3 cm³/mol. The molecule has 1 amide bonds. The summed E-state index contributed by atoms with van der Waals surface area (Å²) >= 11 is 4.91. The molecule has 1 atom stereocenters. The number of amides is 1. The van der Waals surface area contributed by atoms with E-state index < -0.39 is 0 Å². The summed E-state index contributed by atoms with van der Waals surface area (Å²) in [5.74, 6) is 0.578. The van der Waals surface area contributed by atoms with Crippen molar-refractivity contribution in [2.24, 2.45) is 5.92 Å². The van der Waals surface area contributed by atoms with E-state index in [9.17, 15) is 4.79 Å². The van der Waals surface area contributed by atoms with Crippen molar-refractivity contribution in [2.75, 3.05) is 19.7 Å². The van der Waals surface area contributed by atoms with Crippen molar-refractivity contribution >= 4 is 33.2 Å². The van der Waals surface area contributed by atoms with Crippen LogP contribution in [0.5, 0.6) is 0 Å². The lowest BCUT2D eigenvalue weighted by Crippen LogP contribution is -2.40. The van der Waals surface area contributed by atoms with Crippen LogP contribution in [0.1, 0.15) is 29.6 Å². The van der Waals surface area contributed by atoms with Crippen LogP contribution < -0.4 is 0 Å². The second-order valence-electron chi connectivity index (χ2n) is 4.41. The number of aliphatic hydroxyl groups excluding tert-OH is 1. The number of piperidine rings is 1. The summed E-state index contributed by atoms with van der Waals surface area (Å²) in [5.41, 5.74) is 0.770. The molecule has 5 heteroatoms. The molecule has 0 saturated carbocycles. The summed E-state index contributed by atoms with van der Waals surface area (Å²) in [6.45, 7) is 1.85. The Bertz CT molecular complexity index is 392. The van der Waals surface area contributed by atoms with Gasteiger partial charge in [-0.05, 0) is 47.2 Å². The first-order valence-corrected chi connectivity index (χ1v) is 7.52. The molecule has 2 heterocycles. The van der Waals surface area contributed by atoms with Crippen LogP contribution in [-0.4, -0.2) is 35.6 Å². The molecule has 1 aliphatic heterocycles. The predicted octanol–water partition coefficient (Wildman–Crippen LogP) is 2.75. The molecule has 17 heavy (non-hydrogen) atoms. The largest absolute Gasteiger partial charge is 0.396 e. The number of rotatable bonds is 3. The maximum atomic E-state index is 12.2. The summed E-state index contributed by atoms with van der Waals surface area (Å²) in [4.78, 5) is 14.1. The summed E-state index contributed by atoms with van der Waals surface area (Å²) in [6, 6.07) is 1.88. The molecule has 1 fully saturated rings. The number of hydrogen-bond acceptors (Lipinski definition) is 3. The van der Waals surface area contributed by atoms with E-state index in [2.05, 4.69) is 15.9 Å². The number of carbonyl (C=O) groups is 1. The number of thiophene rings is 1. The van der Waals surface area contributed by atoms with Gasteiger partial charge in [-0.15, -0.1) is 11.3 Å². The molecule has 0 spiro atoms. The van der Waals surface area contributed by atoms with E-state index in [0.29, 0.717) is 5.92 Å². The van der Waals surface area contributed by atoms with Gasteiger partial charge in [0, 0.05) is 25.1 Å². The summed E-state index contributed by atoms with van der Waals surface area (Å²) in [7, 11) is 0. The minimum atomic E-state index is 0.120. The molecule has 1 aliphatic rings. The van der Waals surface area contributed by atoms with E-state index in [1.807, 2.05) is 16.3 Å². The number of halogens is 1. The summed E-state index contributed by atoms with van der Waals surface area (Å²) in [6.07, 6.45) is 2.97. The molecule has 94 valence electrons. The zero-order chi connectivity index (χ0) is 12.3. The van der Waals surface area contributed by atoms with Crippen LogP contribution >= 0.6 is 27.3 Å². The van der Waals surface area contributed by atoms with E-state index in [-0.39, 0.29) is 12.5 Å². The van der Waals surface area contributed by atoms with Crippen molar-refractivity contribution in [1.82, 2.24) is 4.90 Å². The Hall–Kier alpha value is -0.390. The molecule has 0 radical (unpaired) electrons. The maximum Gasteiger partial charge on any atom is 0.254 e. The smallest absolute Gasteiger partial charge is 0.254 e. The van der Waals surface area contributed by atoms with E-state index in [1.54, 1.807) is 0 Å². The number of likely N-dealkylation sites (tertiary alicyclic amines) is 1. The van der Waals surface area contributed by atoms with Crippen molar-refractivity contribution < 1.29 is 9.90 Å². The van der Waals surface area contributed by atoms with Gasteiger partial charge in [0.25, 0.3) is 5.91 Å². The number of aliphatic hydroxyl groups is 1. The zero-order valence-corrected chi connectivity index (χ0v) is 12.0. The van der Waals surface area contributed by atoms with Crippen molar-refractivity contribution in [3.05, 3.63) is 20.8 Å². The van der Waals surface area contributed by atoms with Crippen LogP contribution in [0.25, 0.3) is 0 Å². The molecule has 1 unspecified atom stereocenters. The first-order chi connectivity index (χ1) is 8.20. The van der Waals surface area contributed by atoms with Crippen molar-refractivity contribution in [1.29, 1.82) is 0 Å². The highest BCUT2D eigenvalue weighted by Gasteiger charge is 2.24. The van der Waals surface area contributed by atoms with E-state index in [0.717, 1.165) is 41.7 Å². The monoisotopic (exact) mass is 317 g/mol. The average Bonchev–Trinajstić information content (AvgIpc) is 2.76. The molecule has 0 bridgehead atoms. The van der Waals surface area contributed by atoms with Gasteiger partial charge in [-0.2, -0.15) is 0 Å². The maximum absolute atomic E-state index is 12.2. The summed E-state index contributed by atoms with van der Waals surface area (Å²) in [5, 5.41) is 10.8. The van der Waals surface area contributed by atoms with Crippen LogP contribution in [0.2, 0.25) is 0 Å². The second-order valence-corrected chi connectivity index (χ2v) is 6.70. The van der Waals surface area contributed by atoms with Crippen molar-refractivity contribution in [2.45, 2.75) is 19.3 Å². The van der Waals surface area contributed by atoms with E-state index in [4.69, 9.17) is 5.11 Å². The number of carbonyl (C=O) groups excluding carboxylic acids is 1. The quantitative estimate of drug-likeness (QED) is 0.931. The Morgan fingerprint density at radius 3 is 3.12 bits per heavy atom. The zero-order valence-electron chi connectivity index (χ0n) is 9.56. The number of hydrogen-bond donors (Lipinski definition) is 1. The Labute approximate surface area is 114 Å². The third-order valence-electron chi connectivity index (χ3n) is 3.16. The highest BCUT2D eigenvalue weighted by atomic mass is 79.9. The fourth-order valence-corrected chi connectivity index (χ4v) is 3.40. The molecule has 1 saturated heterocycles. The minimum Gasteiger partial charge on any atom is -0.396 e. The first kappa shape index (κ1) is 13.1. The first-order valence-electron chi connectivity index (χ1n) is 5.85. The SMILES string of the molecule is O=C(c1csc(Br)c1)N1CCCC(CCO)C1. The molecule has 0 aliphatic carbocycles. The number of nitrogens with zero attached hydrogens (tertiary/aromatic N) is 1. The van der Waals surface area contributed by atoms with Crippen molar-refractivity contribution in [3.8, 4) is 0 Å². The van der Waals surface area contributed by atoms with Gasteiger partial charge in [0.05, 0.1) is 9.35 Å². The molecule has 1 aromatic rings. The second kappa shape index (κ2) is 5.98. The molecule has 1 aromatic heterocycles. The molecule has 3 nitrogen and oxygen atoms in total. The van der Waals surface area contributed by atoms with Gasteiger partial charge in [0.2, 0.25) is 0 Å². The van der Waals surface area contributed by atoms with Gasteiger partial charge in [-0.3, -0.25) is 4.79 Å². The van der Waals surface area contributed by atoms with Gasteiger partial charge in [-0.25, -0.2) is 0 Å². The Kier molecular flexibility index (Phi) is 4.59. The van der Waals surface area contributed by atoms with Crippen LogP contribution in [-0.2, 0) is 0 Å². The molecule has 2 rings (SSSR count). The van der Waals surface area contributed by atoms with E-state index in [1.165, 1.54) is 11.3 Å². The van der Waals surface area contributed by atoms with Gasteiger partial charge in [0.1, 0.15) is 0 Å². The van der Waals surface area contributed by atoms with E-state index >= 15 is 0 Å². The van der Waals surface area contributed by atoms with Gasteiger partial charge < -0.3 is 10.0 Å². The van der Waals surface area contributed by atoms with Crippen LogP contribution in [0, 0.1) is 5.92 Å². The Balaban J connectivity index is 1.99. The van der Waals surface area contributed by atoms with Crippen LogP contribution in [0.15, 0.2) is 15.2 Å². The lowest BCUT2D eigenvalue weighted by molar-refractivity contribution is 0.0654. The lowest BCUT2D eigenvalue weighted by Gasteiger charge is -2.32. The molecule has 0 aromatic carbocycles. The van der Waals surface area contributed by atoms with Crippen molar-refractivity contribution in [3.63, 3.8) is 0 Å². The van der Waals surface area contributed by atoms with Gasteiger partial charge >= 0.3 is 0 Å². The summed E-state index contributed by atoms with van der Waals surface area (Å²) < 4.78 is 0.991. The Morgan fingerprint density at radius 1 is 1.65 bits per heavy atom. The highest BCUT2D eigenvalue weighted by Crippen LogP contribution is 2.25. The Morgan fingerprint density at radius 2 is 2.47 bits per heavy atom. The fourth-order valence-electron chi connectivity index (χ4n) is 2.27. The van der Waals surface area contributed by atoms with Crippen LogP contribution in [0.4, 0.5) is 0 Å². The van der Waals surface area contributed by atoms with Gasteiger partial charge in [0.15, 0.2) is 0 Å². The standard InChI is InChI=1S/C12H16BrNO2S/c13-11-6-10(8-17-11)12(16)14-4-1-2-9(7-14)3-5-15/h6,8-9,15H,1-5,7H2. The normalized spacial score (nSPS) is 20.6. The fraction of sp³-hybridized carbons (Fsp3) is 0.583. The average molecular weight is 318 g/mol. The van der Waals surface area contributed by atoms with Crippen LogP contribution in [0.3, 0.4) is 0 Å². The minimum absolute atomic E-state index is 0.120.